The monoisotopic (exact) mass is 506 g/mol. The lowest BCUT2D eigenvalue weighted by molar-refractivity contribution is -0.118. The lowest BCUT2D eigenvalue weighted by Gasteiger charge is -2.17. The van der Waals surface area contributed by atoms with Crippen molar-refractivity contribution in [3.63, 3.8) is 0 Å². The van der Waals surface area contributed by atoms with E-state index >= 15 is 0 Å². The van der Waals surface area contributed by atoms with Gasteiger partial charge in [-0.3, -0.25) is 9.78 Å². The minimum Gasteiger partial charge on any atom is -0.337 e. The van der Waals surface area contributed by atoms with Gasteiger partial charge in [-0.2, -0.15) is 4.39 Å². The van der Waals surface area contributed by atoms with Gasteiger partial charge in [0, 0.05) is 24.4 Å². The van der Waals surface area contributed by atoms with Crippen LogP contribution in [0.15, 0.2) is 73.2 Å². The van der Waals surface area contributed by atoms with Crippen molar-refractivity contribution in [2.75, 3.05) is 5.32 Å². The van der Waals surface area contributed by atoms with Crippen molar-refractivity contribution in [2.45, 2.75) is 18.8 Å². The number of H-pyrrole nitrogens is 1. The molecule has 0 saturated heterocycles. The van der Waals surface area contributed by atoms with Gasteiger partial charge in [-0.05, 0) is 42.0 Å². The predicted molar refractivity (Wildman–Crippen MR) is 129 cm³/mol. The molecule has 7 nitrogen and oxygen atoms in total. The number of anilines is 1. The average molecular weight is 506 g/mol. The van der Waals surface area contributed by atoms with Crippen LogP contribution in [0.25, 0.3) is 33.7 Å². The van der Waals surface area contributed by atoms with Crippen molar-refractivity contribution in [1.29, 1.82) is 0 Å². The van der Waals surface area contributed by atoms with Crippen LogP contribution in [0, 0.1) is 11.8 Å². The summed E-state index contributed by atoms with van der Waals surface area (Å²) in [5.74, 6) is -3.14. The van der Waals surface area contributed by atoms with Crippen molar-refractivity contribution in [3.05, 3.63) is 90.5 Å². The molecule has 5 aromatic rings. The summed E-state index contributed by atoms with van der Waals surface area (Å²) in [6.45, 7) is 0. The van der Waals surface area contributed by atoms with Crippen LogP contribution in [-0.2, 0) is 4.79 Å². The molecule has 0 spiro atoms. The Bertz CT molecular complexity index is 1560. The molecule has 0 radical (unpaired) electrons. The summed E-state index contributed by atoms with van der Waals surface area (Å²) in [4.78, 5) is 32.6. The van der Waals surface area contributed by atoms with Crippen LogP contribution in [0.5, 0.6) is 0 Å². The van der Waals surface area contributed by atoms with Gasteiger partial charge in [-0.1, -0.05) is 18.2 Å². The molecule has 0 bridgehead atoms. The van der Waals surface area contributed by atoms with E-state index in [2.05, 4.69) is 30.2 Å². The van der Waals surface area contributed by atoms with Crippen LogP contribution in [0.1, 0.15) is 17.9 Å². The summed E-state index contributed by atoms with van der Waals surface area (Å²) in [6, 6.07) is 13.3. The first-order valence-electron chi connectivity index (χ1n) is 11.2. The topological polar surface area (TPSA) is 96.5 Å². The number of aromatic amines is 1. The maximum Gasteiger partial charge on any atom is 0.239 e. The third-order valence-corrected chi connectivity index (χ3v) is 5.70. The van der Waals surface area contributed by atoms with Crippen molar-refractivity contribution in [3.8, 4) is 22.5 Å². The Kier molecular flexibility index (Phi) is 6.59. The third-order valence-electron chi connectivity index (χ3n) is 5.70. The Morgan fingerprint density at radius 1 is 0.973 bits per heavy atom. The van der Waals surface area contributed by atoms with Gasteiger partial charge in [0.1, 0.15) is 17.2 Å². The number of pyridine rings is 2. The highest BCUT2D eigenvalue weighted by molar-refractivity contribution is 6.00. The first-order chi connectivity index (χ1) is 17.9. The standard InChI is InChI=1S/C26H18F4N6O/c27-16-6-4-14(5-7-16)17(12-19(28)29)26(37)35-21-11-15(8-10-32-21)23-22(18-3-1-2-9-31-18)24-25(36-23)33-13-20(30)34-24/h1-11,13,17,19H,12H2,(H,33,36)(H,32,35,37)/t17-/m1/s1. The van der Waals surface area contributed by atoms with E-state index in [1.54, 1.807) is 30.5 Å². The molecule has 1 amide bonds. The van der Waals surface area contributed by atoms with E-state index in [0.717, 1.165) is 18.3 Å². The van der Waals surface area contributed by atoms with E-state index in [0.29, 0.717) is 28.2 Å². The Hall–Kier alpha value is -4.67. The summed E-state index contributed by atoms with van der Waals surface area (Å²) in [6.07, 6.45) is 0.502. The molecule has 1 atom stereocenters. The predicted octanol–water partition coefficient (Wildman–Crippen LogP) is 5.74. The maximum absolute atomic E-state index is 13.9. The number of benzene rings is 1. The molecule has 4 heterocycles. The van der Waals surface area contributed by atoms with Crippen LogP contribution in [0.2, 0.25) is 0 Å². The molecule has 0 fully saturated rings. The Morgan fingerprint density at radius 2 is 1.78 bits per heavy atom. The smallest absolute Gasteiger partial charge is 0.239 e. The molecule has 0 aliphatic heterocycles. The highest BCUT2D eigenvalue weighted by Gasteiger charge is 2.26. The number of fused-ring (bicyclic) bond motifs is 1. The molecule has 0 saturated carbocycles. The normalized spacial score (nSPS) is 12.1. The number of rotatable bonds is 7. The average Bonchev–Trinajstić information content (AvgIpc) is 3.27. The molecule has 2 N–H and O–H groups in total. The van der Waals surface area contributed by atoms with Gasteiger partial charge in [0.2, 0.25) is 18.3 Å². The fourth-order valence-corrected chi connectivity index (χ4v) is 4.04. The Balaban J connectivity index is 1.52. The second-order valence-corrected chi connectivity index (χ2v) is 8.13. The summed E-state index contributed by atoms with van der Waals surface area (Å²) in [5.41, 5.74) is 2.89. The second kappa shape index (κ2) is 10.1. The van der Waals surface area contributed by atoms with Crippen molar-refractivity contribution >= 4 is 22.9 Å². The highest BCUT2D eigenvalue weighted by atomic mass is 19.3. The molecule has 1 aromatic carbocycles. The second-order valence-electron chi connectivity index (χ2n) is 8.13. The lowest BCUT2D eigenvalue weighted by atomic mass is 9.95. The van der Waals surface area contributed by atoms with Gasteiger partial charge in [0.25, 0.3) is 0 Å². The molecule has 0 aliphatic carbocycles. The summed E-state index contributed by atoms with van der Waals surface area (Å²) < 4.78 is 53.8. The zero-order valence-corrected chi connectivity index (χ0v) is 19.0. The van der Waals surface area contributed by atoms with Gasteiger partial charge in [-0.25, -0.2) is 28.1 Å². The minimum atomic E-state index is -2.76. The number of nitrogens with one attached hydrogen (secondary N) is 2. The van der Waals surface area contributed by atoms with E-state index in [-0.39, 0.29) is 16.9 Å². The number of halogens is 4. The van der Waals surface area contributed by atoms with Crippen LogP contribution in [0.3, 0.4) is 0 Å². The number of aromatic nitrogens is 5. The van der Waals surface area contributed by atoms with Crippen LogP contribution in [0.4, 0.5) is 23.4 Å². The van der Waals surface area contributed by atoms with E-state index < -0.39 is 36.4 Å². The number of nitrogens with zero attached hydrogens (tertiary/aromatic N) is 4. The molecule has 11 heteroatoms. The van der Waals surface area contributed by atoms with Gasteiger partial charge in [0.05, 0.1) is 29.1 Å². The first kappa shape index (κ1) is 24.0. The molecule has 5 rings (SSSR count). The molecule has 0 unspecified atom stereocenters. The quantitative estimate of drug-likeness (QED) is 0.275. The van der Waals surface area contributed by atoms with E-state index in [4.69, 9.17) is 0 Å². The SMILES string of the molecule is O=C(Nc1cc(-c2[nH]c3ncc(F)nc3c2-c2ccccn2)ccn1)[C@H](CC(F)F)c1ccc(F)cc1. The number of carbonyl (C=O) groups excluding carboxylic acids is 1. The Labute approximate surface area is 207 Å². The first-order valence-corrected chi connectivity index (χ1v) is 11.2. The molecule has 186 valence electrons. The number of hydrogen-bond acceptors (Lipinski definition) is 5. The maximum atomic E-state index is 13.9. The van der Waals surface area contributed by atoms with Crippen molar-refractivity contribution in [2.24, 2.45) is 0 Å². The summed E-state index contributed by atoms with van der Waals surface area (Å²) >= 11 is 0. The van der Waals surface area contributed by atoms with Crippen LogP contribution < -0.4 is 5.32 Å². The molecular formula is C26H18F4N6O. The fourth-order valence-electron chi connectivity index (χ4n) is 4.04. The van der Waals surface area contributed by atoms with Gasteiger partial charge in [-0.15, -0.1) is 0 Å². The largest absolute Gasteiger partial charge is 0.337 e. The molecular weight excluding hydrogens is 488 g/mol. The Morgan fingerprint density at radius 3 is 2.51 bits per heavy atom. The molecule has 37 heavy (non-hydrogen) atoms. The van der Waals surface area contributed by atoms with Gasteiger partial charge >= 0.3 is 0 Å². The molecule has 4 aromatic heterocycles. The van der Waals surface area contributed by atoms with Crippen molar-refractivity contribution < 1.29 is 22.4 Å². The van der Waals surface area contributed by atoms with E-state index in [1.807, 2.05) is 0 Å². The zero-order valence-electron chi connectivity index (χ0n) is 19.0. The zero-order chi connectivity index (χ0) is 25.9. The van der Waals surface area contributed by atoms with Crippen LogP contribution >= 0.6 is 0 Å². The molecule has 0 aliphatic rings. The number of carbonyl (C=O) groups is 1. The third kappa shape index (κ3) is 5.15. The number of alkyl halides is 2. The fraction of sp³-hybridized carbons (Fsp3) is 0.115. The van der Waals surface area contributed by atoms with E-state index in [1.165, 1.54) is 24.4 Å². The number of amides is 1. The van der Waals surface area contributed by atoms with Gasteiger partial charge < -0.3 is 10.3 Å². The minimum absolute atomic E-state index is 0.0987. The van der Waals surface area contributed by atoms with Crippen LogP contribution in [-0.4, -0.2) is 37.3 Å². The summed E-state index contributed by atoms with van der Waals surface area (Å²) in [7, 11) is 0. The number of hydrogen-bond donors (Lipinski definition) is 2. The summed E-state index contributed by atoms with van der Waals surface area (Å²) in [5, 5.41) is 2.57. The van der Waals surface area contributed by atoms with Crippen molar-refractivity contribution in [1.82, 2.24) is 24.9 Å². The van der Waals surface area contributed by atoms with Gasteiger partial charge in [0.15, 0.2) is 5.65 Å². The van der Waals surface area contributed by atoms with E-state index in [9.17, 15) is 22.4 Å². The lowest BCUT2D eigenvalue weighted by Crippen LogP contribution is -2.23. The highest BCUT2D eigenvalue weighted by Crippen LogP contribution is 2.36.